The highest BCUT2D eigenvalue weighted by Gasteiger charge is 2.13. The molecule has 0 amide bonds. The van der Waals surface area contributed by atoms with Gasteiger partial charge in [-0.05, 0) is 6.42 Å². The second-order valence-electron chi connectivity index (χ2n) is 2.96. The maximum atomic E-state index is 7.20. The molecule has 0 saturated heterocycles. The Hall–Kier alpha value is -1.04. The molecule has 1 heterocycles. The summed E-state index contributed by atoms with van der Waals surface area (Å²) in [6.07, 6.45) is 1.48. The highest BCUT2D eigenvalue weighted by Crippen LogP contribution is 2.25. The number of nitrogens with two attached hydrogens (primary N) is 1. The fourth-order valence-electron chi connectivity index (χ4n) is 0.983. The van der Waals surface area contributed by atoms with Gasteiger partial charge in [-0.15, -0.1) is 10.2 Å². The van der Waals surface area contributed by atoms with Crippen LogP contribution in [0, 0.1) is 12.3 Å². The van der Waals surface area contributed by atoms with E-state index >= 15 is 0 Å². The van der Waals surface area contributed by atoms with Crippen LogP contribution in [0.4, 0.5) is 0 Å². The Morgan fingerprint density at radius 3 is 2.79 bits per heavy atom. The van der Waals surface area contributed by atoms with Crippen molar-refractivity contribution in [1.82, 2.24) is 10.2 Å². The van der Waals surface area contributed by atoms with Gasteiger partial charge in [-0.1, -0.05) is 18.7 Å². The summed E-state index contributed by atoms with van der Waals surface area (Å²) in [5, 5.41) is 15.6. The summed E-state index contributed by atoms with van der Waals surface area (Å²) in [4.78, 5) is 0. The minimum Gasteiger partial charge on any atom is -0.416 e. The van der Waals surface area contributed by atoms with E-state index in [4.69, 9.17) is 15.6 Å². The fraction of sp³-hybridized carbons (Fsp3) is 0.625. The molecule has 1 unspecified atom stereocenters. The van der Waals surface area contributed by atoms with Crippen LogP contribution in [-0.4, -0.2) is 21.3 Å². The number of aryl methyl sites for hydroxylation is 1. The van der Waals surface area contributed by atoms with Crippen molar-refractivity contribution in [3.63, 3.8) is 0 Å². The Bertz CT molecular complexity index is 312. The lowest BCUT2D eigenvalue weighted by Crippen LogP contribution is -2.16. The third kappa shape index (κ3) is 3.37. The second-order valence-corrected chi connectivity index (χ2v) is 4.22. The number of aromatic nitrogens is 2. The summed E-state index contributed by atoms with van der Waals surface area (Å²) in [6.45, 7) is 3.80. The predicted octanol–water partition coefficient (Wildman–Crippen LogP) is 1.57. The van der Waals surface area contributed by atoms with Gasteiger partial charge in [0.1, 0.15) is 0 Å². The number of amidine groups is 1. The van der Waals surface area contributed by atoms with Gasteiger partial charge >= 0.3 is 0 Å². The van der Waals surface area contributed by atoms with E-state index in [0.717, 1.165) is 6.42 Å². The zero-order chi connectivity index (χ0) is 10.6. The van der Waals surface area contributed by atoms with Crippen LogP contribution in [0.1, 0.15) is 25.7 Å². The maximum absolute atomic E-state index is 7.20. The van der Waals surface area contributed by atoms with Crippen molar-refractivity contribution >= 4 is 17.6 Å². The number of thioether (sulfide) groups is 1. The van der Waals surface area contributed by atoms with Crippen molar-refractivity contribution in [1.29, 1.82) is 5.41 Å². The van der Waals surface area contributed by atoms with Gasteiger partial charge in [-0.3, -0.25) is 5.41 Å². The molecule has 1 aromatic rings. The molecule has 0 aliphatic heterocycles. The Labute approximate surface area is 87.0 Å². The summed E-state index contributed by atoms with van der Waals surface area (Å²) in [5.41, 5.74) is 5.33. The van der Waals surface area contributed by atoms with Crippen LogP contribution in [0.5, 0.6) is 0 Å². The van der Waals surface area contributed by atoms with E-state index in [1.54, 1.807) is 6.92 Å². The molecule has 3 N–H and O–H groups in total. The van der Waals surface area contributed by atoms with Crippen molar-refractivity contribution in [2.75, 3.05) is 0 Å². The largest absolute Gasteiger partial charge is 0.416 e. The molecule has 0 aliphatic carbocycles. The normalized spacial score (nSPS) is 12.7. The molecule has 0 fully saturated rings. The average molecular weight is 214 g/mol. The van der Waals surface area contributed by atoms with E-state index in [9.17, 15) is 0 Å². The number of nitrogens with zero attached hydrogens (tertiary/aromatic N) is 2. The number of hydrogen-bond donors (Lipinski definition) is 2. The highest BCUT2D eigenvalue weighted by atomic mass is 32.2. The van der Waals surface area contributed by atoms with Gasteiger partial charge in [0.2, 0.25) is 5.89 Å². The van der Waals surface area contributed by atoms with E-state index in [1.807, 2.05) is 6.92 Å². The first-order chi connectivity index (χ1) is 6.61. The van der Waals surface area contributed by atoms with E-state index in [-0.39, 0.29) is 11.1 Å². The van der Waals surface area contributed by atoms with Crippen molar-refractivity contribution < 1.29 is 4.42 Å². The molecule has 0 radical (unpaired) electrons. The highest BCUT2D eigenvalue weighted by molar-refractivity contribution is 7.99. The summed E-state index contributed by atoms with van der Waals surface area (Å²) in [5.74, 6) is 0.755. The summed E-state index contributed by atoms with van der Waals surface area (Å²) in [7, 11) is 0. The van der Waals surface area contributed by atoms with Gasteiger partial charge in [0.15, 0.2) is 0 Å². The van der Waals surface area contributed by atoms with Crippen LogP contribution in [0.25, 0.3) is 0 Å². The molecule has 0 aliphatic rings. The van der Waals surface area contributed by atoms with Crippen LogP contribution in [0.3, 0.4) is 0 Å². The third-order valence-electron chi connectivity index (χ3n) is 1.68. The van der Waals surface area contributed by atoms with Crippen LogP contribution in [0.2, 0.25) is 0 Å². The van der Waals surface area contributed by atoms with Gasteiger partial charge in [-0.2, -0.15) is 0 Å². The SMILES string of the molecule is CCC(CC(=N)N)Sc1nnc(C)o1. The van der Waals surface area contributed by atoms with Crippen molar-refractivity contribution in [3.8, 4) is 0 Å². The molecule has 1 aromatic heterocycles. The third-order valence-corrected chi connectivity index (χ3v) is 2.88. The average Bonchev–Trinajstić information content (AvgIpc) is 2.49. The summed E-state index contributed by atoms with van der Waals surface area (Å²) < 4.78 is 5.23. The topological polar surface area (TPSA) is 88.8 Å². The predicted molar refractivity (Wildman–Crippen MR) is 55.5 cm³/mol. The molecule has 0 aromatic carbocycles. The Kier molecular flexibility index (Phi) is 3.94. The minimum absolute atomic E-state index is 0.195. The van der Waals surface area contributed by atoms with E-state index in [1.165, 1.54) is 11.8 Å². The Morgan fingerprint density at radius 2 is 2.36 bits per heavy atom. The smallest absolute Gasteiger partial charge is 0.276 e. The standard InChI is InChI=1S/C8H14N4OS/c1-3-6(4-7(9)10)14-8-12-11-5(2)13-8/h6H,3-4H2,1-2H3,(H3,9,10). The summed E-state index contributed by atoms with van der Waals surface area (Å²) in [6, 6.07) is 0. The van der Waals surface area contributed by atoms with Gasteiger partial charge in [0, 0.05) is 18.6 Å². The molecule has 0 saturated carbocycles. The zero-order valence-corrected chi connectivity index (χ0v) is 9.10. The van der Waals surface area contributed by atoms with Gasteiger partial charge in [0.05, 0.1) is 5.84 Å². The quantitative estimate of drug-likeness (QED) is 0.441. The van der Waals surface area contributed by atoms with Crippen LogP contribution >= 0.6 is 11.8 Å². The van der Waals surface area contributed by atoms with E-state index in [0.29, 0.717) is 17.5 Å². The fourth-order valence-corrected chi connectivity index (χ4v) is 1.95. The van der Waals surface area contributed by atoms with Gasteiger partial charge in [-0.25, -0.2) is 0 Å². The maximum Gasteiger partial charge on any atom is 0.276 e. The lowest BCUT2D eigenvalue weighted by Gasteiger charge is -2.09. The number of nitrogens with one attached hydrogen (secondary N) is 1. The molecule has 78 valence electrons. The lowest BCUT2D eigenvalue weighted by atomic mass is 10.2. The van der Waals surface area contributed by atoms with Crippen LogP contribution in [0.15, 0.2) is 9.64 Å². The Balaban J connectivity index is 2.52. The zero-order valence-electron chi connectivity index (χ0n) is 8.28. The molecule has 6 heteroatoms. The number of hydrogen-bond acceptors (Lipinski definition) is 5. The van der Waals surface area contributed by atoms with Gasteiger partial charge in [0.25, 0.3) is 5.22 Å². The van der Waals surface area contributed by atoms with Crippen molar-refractivity contribution in [2.24, 2.45) is 5.73 Å². The van der Waals surface area contributed by atoms with E-state index in [2.05, 4.69) is 10.2 Å². The molecule has 0 spiro atoms. The molecule has 1 rings (SSSR count). The molecular formula is C8H14N4OS. The van der Waals surface area contributed by atoms with Gasteiger partial charge < -0.3 is 10.2 Å². The number of rotatable bonds is 5. The first-order valence-electron chi connectivity index (χ1n) is 4.41. The lowest BCUT2D eigenvalue weighted by molar-refractivity contribution is 0.428. The molecule has 5 nitrogen and oxygen atoms in total. The monoisotopic (exact) mass is 214 g/mol. The van der Waals surface area contributed by atoms with Crippen molar-refractivity contribution in [2.45, 2.75) is 37.2 Å². The minimum atomic E-state index is 0.195. The molecule has 0 bridgehead atoms. The summed E-state index contributed by atoms with van der Waals surface area (Å²) >= 11 is 1.48. The first-order valence-corrected chi connectivity index (χ1v) is 5.29. The van der Waals surface area contributed by atoms with Crippen LogP contribution in [-0.2, 0) is 0 Å². The van der Waals surface area contributed by atoms with Crippen LogP contribution < -0.4 is 5.73 Å². The molecule has 14 heavy (non-hydrogen) atoms. The van der Waals surface area contributed by atoms with Crippen molar-refractivity contribution in [3.05, 3.63) is 5.89 Å². The Morgan fingerprint density at radius 1 is 1.64 bits per heavy atom. The molecular weight excluding hydrogens is 200 g/mol. The first kappa shape index (κ1) is 11.0. The molecule has 1 atom stereocenters. The van der Waals surface area contributed by atoms with E-state index < -0.39 is 0 Å². The second kappa shape index (κ2) is 4.99.